The van der Waals surface area contributed by atoms with Crippen LogP contribution >= 0.6 is 0 Å². The molecule has 0 aliphatic carbocycles. The fraction of sp³-hybridized carbons (Fsp3) is 0.350. The molecule has 2 rings (SSSR count). The Labute approximate surface area is 170 Å². The topological polar surface area (TPSA) is 106 Å². The normalized spacial score (nSPS) is 13.7. The Morgan fingerprint density at radius 3 is 1.69 bits per heavy atom. The molecule has 0 spiro atoms. The third-order valence-corrected chi connectivity index (χ3v) is 9.89. The first-order valence-corrected chi connectivity index (χ1v) is 12.1. The predicted molar refractivity (Wildman–Crippen MR) is 106 cm³/mol. The SMILES string of the molecule is CCCC[C@H](CC(=O)O)C(F)(S(=O)(=O)c1ccccc1)S(=O)(=O)c1ccccc1. The maximum Gasteiger partial charge on any atom is 0.321 e. The van der Waals surface area contributed by atoms with Crippen LogP contribution in [0.15, 0.2) is 70.5 Å². The van der Waals surface area contributed by atoms with Crippen molar-refractivity contribution in [2.45, 2.75) is 46.7 Å². The molecule has 0 heterocycles. The summed E-state index contributed by atoms with van der Waals surface area (Å²) >= 11 is 0. The van der Waals surface area contributed by atoms with Gasteiger partial charge < -0.3 is 5.11 Å². The van der Waals surface area contributed by atoms with Gasteiger partial charge in [-0.25, -0.2) is 21.2 Å². The summed E-state index contributed by atoms with van der Waals surface area (Å²) in [5, 5.41) is 9.26. The van der Waals surface area contributed by atoms with Gasteiger partial charge >= 0.3 is 10.3 Å². The molecule has 1 N–H and O–H groups in total. The van der Waals surface area contributed by atoms with Crippen molar-refractivity contribution < 1.29 is 31.1 Å². The molecule has 2 aromatic rings. The molecule has 1 atom stereocenters. The number of unbranched alkanes of at least 4 members (excludes halogenated alkanes) is 1. The third-order valence-electron chi connectivity index (χ3n) is 4.65. The first kappa shape index (κ1) is 23.0. The van der Waals surface area contributed by atoms with E-state index in [-0.39, 0.29) is 12.8 Å². The van der Waals surface area contributed by atoms with Crippen molar-refractivity contribution in [1.29, 1.82) is 0 Å². The smallest absolute Gasteiger partial charge is 0.321 e. The van der Waals surface area contributed by atoms with Crippen LogP contribution in [-0.2, 0) is 24.5 Å². The molecule has 6 nitrogen and oxygen atoms in total. The van der Waals surface area contributed by atoms with Gasteiger partial charge in [-0.3, -0.25) is 4.79 Å². The second-order valence-corrected chi connectivity index (χ2v) is 11.1. The minimum atomic E-state index is -5.10. The van der Waals surface area contributed by atoms with Gasteiger partial charge in [0, 0.05) is 5.92 Å². The second-order valence-electron chi connectivity index (χ2n) is 6.65. The highest BCUT2D eigenvalue weighted by molar-refractivity contribution is 8.10. The number of carboxylic acid groups (broad SMARTS) is 1. The maximum atomic E-state index is 16.6. The molecule has 0 unspecified atom stereocenters. The summed E-state index contributed by atoms with van der Waals surface area (Å²) in [4.78, 5) is 10.4. The van der Waals surface area contributed by atoms with Gasteiger partial charge in [-0.15, -0.1) is 0 Å². The van der Waals surface area contributed by atoms with E-state index in [1.54, 1.807) is 6.92 Å². The molecule has 0 fully saturated rings. The van der Waals surface area contributed by atoms with E-state index in [1.165, 1.54) is 36.4 Å². The van der Waals surface area contributed by atoms with E-state index in [2.05, 4.69) is 0 Å². The summed E-state index contributed by atoms with van der Waals surface area (Å²) in [5.41, 5.74) is 0. The number of rotatable bonds is 10. The number of benzene rings is 2. The molecule has 29 heavy (non-hydrogen) atoms. The Morgan fingerprint density at radius 2 is 1.34 bits per heavy atom. The molecule has 0 saturated heterocycles. The lowest BCUT2D eigenvalue weighted by Crippen LogP contribution is -2.49. The minimum Gasteiger partial charge on any atom is -0.481 e. The highest BCUT2D eigenvalue weighted by Gasteiger charge is 2.62. The van der Waals surface area contributed by atoms with E-state index < -0.39 is 52.1 Å². The van der Waals surface area contributed by atoms with Crippen molar-refractivity contribution in [3.8, 4) is 0 Å². The summed E-state index contributed by atoms with van der Waals surface area (Å²) < 4.78 is 66.0. The van der Waals surface area contributed by atoms with Gasteiger partial charge in [0.1, 0.15) is 0 Å². The molecule has 0 saturated carbocycles. The van der Waals surface area contributed by atoms with Crippen molar-refractivity contribution in [2.75, 3.05) is 0 Å². The Bertz CT molecular complexity index is 965. The number of carboxylic acids is 1. The maximum absolute atomic E-state index is 16.6. The zero-order valence-electron chi connectivity index (χ0n) is 15.9. The van der Waals surface area contributed by atoms with E-state index in [9.17, 15) is 26.7 Å². The first-order chi connectivity index (χ1) is 13.6. The lowest BCUT2D eigenvalue weighted by molar-refractivity contribution is -0.138. The number of halogens is 1. The Hall–Kier alpha value is -2.26. The number of aliphatic carboxylic acids is 1. The number of alkyl halides is 1. The third kappa shape index (κ3) is 4.35. The van der Waals surface area contributed by atoms with Gasteiger partial charge in [0.15, 0.2) is 0 Å². The fourth-order valence-electron chi connectivity index (χ4n) is 3.16. The van der Waals surface area contributed by atoms with Crippen LogP contribution < -0.4 is 0 Å². The molecule has 0 aliphatic heterocycles. The monoisotopic (exact) mass is 442 g/mol. The van der Waals surface area contributed by atoms with Crippen molar-refractivity contribution >= 4 is 25.6 Å². The van der Waals surface area contributed by atoms with E-state index in [0.717, 1.165) is 24.3 Å². The number of hydrogen-bond donors (Lipinski definition) is 1. The van der Waals surface area contributed by atoms with E-state index >= 15 is 4.39 Å². The van der Waals surface area contributed by atoms with Gasteiger partial charge in [-0.05, 0) is 30.7 Å². The Morgan fingerprint density at radius 1 is 0.931 bits per heavy atom. The highest BCUT2D eigenvalue weighted by atomic mass is 32.3. The molecule has 0 radical (unpaired) electrons. The van der Waals surface area contributed by atoms with Crippen LogP contribution in [0.4, 0.5) is 4.39 Å². The Kier molecular flexibility index (Phi) is 7.18. The summed E-state index contributed by atoms with van der Waals surface area (Å²) in [6, 6.07) is 12.8. The number of carbonyl (C=O) groups is 1. The van der Waals surface area contributed by atoms with Crippen LogP contribution in [0.3, 0.4) is 0 Å². The summed E-state index contributed by atoms with van der Waals surface area (Å²) in [7, 11) is -10.2. The van der Waals surface area contributed by atoms with Crippen LogP contribution in [0.2, 0.25) is 0 Å². The average molecular weight is 443 g/mol. The van der Waals surface area contributed by atoms with Gasteiger partial charge in [0.2, 0.25) is 19.7 Å². The van der Waals surface area contributed by atoms with Crippen LogP contribution in [0, 0.1) is 5.92 Å². The van der Waals surface area contributed by atoms with Crippen LogP contribution in [0.1, 0.15) is 32.6 Å². The average Bonchev–Trinajstić information content (AvgIpc) is 2.71. The molecule has 158 valence electrons. The molecule has 0 aliphatic rings. The predicted octanol–water partition coefficient (Wildman–Crippen LogP) is 3.84. The summed E-state index contributed by atoms with van der Waals surface area (Å²) in [6.07, 6.45) is -0.354. The van der Waals surface area contributed by atoms with Crippen molar-refractivity contribution in [1.82, 2.24) is 0 Å². The van der Waals surface area contributed by atoms with Gasteiger partial charge in [0.05, 0.1) is 16.2 Å². The first-order valence-electron chi connectivity index (χ1n) is 9.09. The zero-order chi connectivity index (χ0) is 21.7. The zero-order valence-corrected chi connectivity index (χ0v) is 17.5. The lowest BCUT2D eigenvalue weighted by Gasteiger charge is -2.32. The molecule has 0 aromatic heterocycles. The minimum absolute atomic E-state index is 0.211. The van der Waals surface area contributed by atoms with E-state index in [1.807, 2.05) is 0 Å². The van der Waals surface area contributed by atoms with Crippen molar-refractivity contribution in [3.05, 3.63) is 60.7 Å². The molecular formula is C20H23FO6S2. The van der Waals surface area contributed by atoms with Crippen LogP contribution in [0.5, 0.6) is 0 Å². The highest BCUT2D eigenvalue weighted by Crippen LogP contribution is 2.45. The Balaban J connectivity index is 2.82. The number of sulfone groups is 2. The quantitative estimate of drug-likeness (QED) is 0.599. The van der Waals surface area contributed by atoms with E-state index in [0.29, 0.717) is 6.42 Å². The molecule has 9 heteroatoms. The van der Waals surface area contributed by atoms with Crippen molar-refractivity contribution in [3.63, 3.8) is 0 Å². The standard InChI is InChI=1S/C20H23FO6S2/c1-2-3-10-16(15-19(22)23)20(21,28(24,25)17-11-6-4-7-12-17)29(26,27)18-13-8-5-9-14-18/h4-9,11-14,16H,2-3,10,15H2,1H3,(H,22,23)/t16-/m1/s1. The summed E-state index contributed by atoms with van der Waals surface area (Å²) in [6.45, 7) is 1.76. The van der Waals surface area contributed by atoms with Crippen LogP contribution in [-0.4, -0.2) is 32.2 Å². The van der Waals surface area contributed by atoms with Gasteiger partial charge in [0.25, 0.3) is 0 Å². The van der Waals surface area contributed by atoms with Gasteiger partial charge in [-0.2, -0.15) is 0 Å². The lowest BCUT2D eigenvalue weighted by atomic mass is 9.99. The molecule has 2 aromatic carbocycles. The number of hydrogen-bond acceptors (Lipinski definition) is 5. The largest absolute Gasteiger partial charge is 0.481 e. The van der Waals surface area contributed by atoms with Crippen LogP contribution in [0.25, 0.3) is 0 Å². The summed E-state index contributed by atoms with van der Waals surface area (Å²) in [5.74, 6) is -3.25. The van der Waals surface area contributed by atoms with Gasteiger partial charge in [-0.1, -0.05) is 56.2 Å². The molecular weight excluding hydrogens is 419 g/mol. The van der Waals surface area contributed by atoms with E-state index in [4.69, 9.17) is 0 Å². The molecule has 0 bridgehead atoms. The molecule has 0 amide bonds. The fourth-order valence-corrected chi connectivity index (χ4v) is 7.85. The van der Waals surface area contributed by atoms with Crippen molar-refractivity contribution in [2.24, 2.45) is 5.92 Å². The second kappa shape index (κ2) is 9.04.